The molecule has 0 atom stereocenters. The summed E-state index contributed by atoms with van der Waals surface area (Å²) in [4.78, 5) is 12.4. The first-order valence-corrected chi connectivity index (χ1v) is 5.74. The number of carbonyl (C=O) groups excluding carboxylic acids is 1. The molecule has 2 rings (SSSR count). The van der Waals surface area contributed by atoms with Gasteiger partial charge < -0.3 is 0 Å². The lowest BCUT2D eigenvalue weighted by Gasteiger charge is -2.06. The van der Waals surface area contributed by atoms with Gasteiger partial charge in [-0.1, -0.05) is 35.9 Å². The number of benzene rings is 2. The number of nitriles is 1. The van der Waals surface area contributed by atoms with Gasteiger partial charge in [-0.05, 0) is 31.5 Å². The molecular weight excluding hydrogens is 222 g/mol. The number of hydrogen-bond donors (Lipinski definition) is 0. The standard InChI is InChI=1S/C16H13NO/c1-11-5-3-7-13(9-11)16(18)14-8-4-6-12(2)15(14)10-17/h3-9H,1-2H3. The molecule has 2 aromatic carbocycles. The lowest BCUT2D eigenvalue weighted by molar-refractivity contribution is 0.103. The summed E-state index contributed by atoms with van der Waals surface area (Å²) < 4.78 is 0. The van der Waals surface area contributed by atoms with Gasteiger partial charge in [-0.2, -0.15) is 5.26 Å². The number of rotatable bonds is 2. The van der Waals surface area contributed by atoms with Crippen molar-refractivity contribution in [2.75, 3.05) is 0 Å². The minimum Gasteiger partial charge on any atom is -0.289 e. The van der Waals surface area contributed by atoms with Crippen molar-refractivity contribution < 1.29 is 4.79 Å². The molecule has 0 heterocycles. The molecule has 0 aliphatic heterocycles. The maximum Gasteiger partial charge on any atom is 0.194 e. The Kier molecular flexibility index (Phi) is 3.25. The highest BCUT2D eigenvalue weighted by Crippen LogP contribution is 2.18. The van der Waals surface area contributed by atoms with Crippen LogP contribution in [0.1, 0.15) is 32.6 Å². The lowest BCUT2D eigenvalue weighted by atomic mass is 9.95. The lowest BCUT2D eigenvalue weighted by Crippen LogP contribution is -2.05. The van der Waals surface area contributed by atoms with Crippen LogP contribution in [0, 0.1) is 25.2 Å². The van der Waals surface area contributed by atoms with E-state index in [-0.39, 0.29) is 5.78 Å². The topological polar surface area (TPSA) is 40.9 Å². The van der Waals surface area contributed by atoms with E-state index in [9.17, 15) is 4.79 Å². The summed E-state index contributed by atoms with van der Waals surface area (Å²) in [5.74, 6) is -0.0982. The highest BCUT2D eigenvalue weighted by atomic mass is 16.1. The minimum atomic E-state index is -0.0982. The summed E-state index contributed by atoms with van der Waals surface area (Å²) in [6.45, 7) is 3.78. The van der Waals surface area contributed by atoms with Crippen LogP contribution >= 0.6 is 0 Å². The zero-order valence-electron chi connectivity index (χ0n) is 10.4. The van der Waals surface area contributed by atoms with Gasteiger partial charge in [0.15, 0.2) is 5.78 Å². The van der Waals surface area contributed by atoms with Crippen LogP contribution in [-0.2, 0) is 0 Å². The Balaban J connectivity index is 2.54. The third-order valence-electron chi connectivity index (χ3n) is 2.91. The Hall–Kier alpha value is -2.40. The Bertz CT molecular complexity index is 650. The molecule has 0 bridgehead atoms. The van der Waals surface area contributed by atoms with Gasteiger partial charge in [0.05, 0.1) is 5.56 Å². The molecule has 0 radical (unpaired) electrons. The Morgan fingerprint density at radius 2 is 1.83 bits per heavy atom. The average Bonchev–Trinajstić information content (AvgIpc) is 2.37. The van der Waals surface area contributed by atoms with E-state index in [2.05, 4.69) is 6.07 Å². The first-order chi connectivity index (χ1) is 8.63. The molecule has 0 saturated carbocycles. The smallest absolute Gasteiger partial charge is 0.194 e. The van der Waals surface area contributed by atoms with Crippen LogP contribution in [0.5, 0.6) is 0 Å². The second-order valence-corrected chi connectivity index (χ2v) is 4.31. The van der Waals surface area contributed by atoms with E-state index in [1.54, 1.807) is 18.2 Å². The highest BCUT2D eigenvalue weighted by molar-refractivity contribution is 6.10. The van der Waals surface area contributed by atoms with Gasteiger partial charge in [-0.25, -0.2) is 0 Å². The van der Waals surface area contributed by atoms with Crippen molar-refractivity contribution in [1.82, 2.24) is 0 Å². The fourth-order valence-electron chi connectivity index (χ4n) is 1.95. The summed E-state index contributed by atoms with van der Waals surface area (Å²) >= 11 is 0. The van der Waals surface area contributed by atoms with Crippen molar-refractivity contribution in [3.8, 4) is 6.07 Å². The van der Waals surface area contributed by atoms with Crippen LogP contribution in [0.2, 0.25) is 0 Å². The predicted octanol–water partition coefficient (Wildman–Crippen LogP) is 3.41. The summed E-state index contributed by atoms with van der Waals surface area (Å²) in [5.41, 5.74) is 3.42. The minimum absolute atomic E-state index is 0.0982. The molecule has 0 aliphatic carbocycles. The van der Waals surface area contributed by atoms with E-state index in [4.69, 9.17) is 5.26 Å². The average molecular weight is 235 g/mol. The number of carbonyl (C=O) groups is 1. The van der Waals surface area contributed by atoms with Crippen LogP contribution in [0.4, 0.5) is 0 Å². The predicted molar refractivity (Wildman–Crippen MR) is 70.5 cm³/mol. The Morgan fingerprint density at radius 3 is 2.50 bits per heavy atom. The fraction of sp³-hybridized carbons (Fsp3) is 0.125. The molecule has 0 saturated heterocycles. The van der Waals surface area contributed by atoms with E-state index < -0.39 is 0 Å². The SMILES string of the molecule is Cc1cccc(C(=O)c2cccc(C)c2C#N)c1. The molecule has 2 nitrogen and oxygen atoms in total. The molecule has 0 fully saturated rings. The van der Waals surface area contributed by atoms with Gasteiger partial charge in [0.2, 0.25) is 0 Å². The van der Waals surface area contributed by atoms with Crippen molar-refractivity contribution in [3.05, 3.63) is 70.3 Å². The Morgan fingerprint density at radius 1 is 1.11 bits per heavy atom. The molecule has 0 unspecified atom stereocenters. The van der Waals surface area contributed by atoms with Crippen molar-refractivity contribution in [3.63, 3.8) is 0 Å². The molecule has 0 aliphatic rings. The Labute approximate surface area is 107 Å². The maximum absolute atomic E-state index is 12.4. The van der Waals surface area contributed by atoms with Gasteiger partial charge in [0.25, 0.3) is 0 Å². The normalized spacial score (nSPS) is 9.83. The molecule has 0 N–H and O–H groups in total. The van der Waals surface area contributed by atoms with Crippen LogP contribution in [0.25, 0.3) is 0 Å². The second kappa shape index (κ2) is 4.85. The van der Waals surface area contributed by atoms with E-state index >= 15 is 0 Å². The number of aryl methyl sites for hydroxylation is 2. The summed E-state index contributed by atoms with van der Waals surface area (Å²) in [6, 6.07) is 14.9. The second-order valence-electron chi connectivity index (χ2n) is 4.31. The van der Waals surface area contributed by atoms with Gasteiger partial charge in [0, 0.05) is 11.1 Å². The molecule has 0 spiro atoms. The van der Waals surface area contributed by atoms with E-state index in [1.807, 2.05) is 38.1 Å². The van der Waals surface area contributed by atoms with Gasteiger partial charge >= 0.3 is 0 Å². The molecule has 2 aromatic rings. The fourth-order valence-corrected chi connectivity index (χ4v) is 1.95. The van der Waals surface area contributed by atoms with Gasteiger partial charge in [-0.3, -0.25) is 4.79 Å². The van der Waals surface area contributed by atoms with E-state index in [0.717, 1.165) is 11.1 Å². The summed E-state index contributed by atoms with van der Waals surface area (Å²) in [7, 11) is 0. The van der Waals surface area contributed by atoms with Crippen molar-refractivity contribution in [2.45, 2.75) is 13.8 Å². The number of nitrogens with zero attached hydrogens (tertiary/aromatic N) is 1. The van der Waals surface area contributed by atoms with Crippen molar-refractivity contribution >= 4 is 5.78 Å². The summed E-state index contributed by atoms with van der Waals surface area (Å²) in [5, 5.41) is 9.15. The van der Waals surface area contributed by atoms with Gasteiger partial charge in [-0.15, -0.1) is 0 Å². The molecular formula is C16H13NO. The third-order valence-corrected chi connectivity index (χ3v) is 2.91. The summed E-state index contributed by atoms with van der Waals surface area (Å²) in [6.07, 6.45) is 0. The molecule has 2 heteroatoms. The monoisotopic (exact) mass is 235 g/mol. The molecule has 88 valence electrons. The van der Waals surface area contributed by atoms with Crippen LogP contribution in [0.15, 0.2) is 42.5 Å². The van der Waals surface area contributed by atoms with E-state index in [1.165, 1.54) is 0 Å². The number of hydrogen-bond acceptors (Lipinski definition) is 2. The first kappa shape index (κ1) is 12.1. The highest BCUT2D eigenvalue weighted by Gasteiger charge is 2.14. The zero-order valence-corrected chi connectivity index (χ0v) is 10.4. The first-order valence-electron chi connectivity index (χ1n) is 5.74. The maximum atomic E-state index is 12.4. The quantitative estimate of drug-likeness (QED) is 0.748. The van der Waals surface area contributed by atoms with Crippen LogP contribution < -0.4 is 0 Å². The molecule has 0 aromatic heterocycles. The van der Waals surface area contributed by atoms with Crippen LogP contribution in [0.3, 0.4) is 0 Å². The number of ketones is 1. The molecule has 18 heavy (non-hydrogen) atoms. The van der Waals surface area contributed by atoms with Crippen molar-refractivity contribution in [2.24, 2.45) is 0 Å². The van der Waals surface area contributed by atoms with Gasteiger partial charge in [0.1, 0.15) is 6.07 Å². The third kappa shape index (κ3) is 2.16. The van der Waals surface area contributed by atoms with E-state index in [0.29, 0.717) is 16.7 Å². The zero-order chi connectivity index (χ0) is 13.1. The van der Waals surface area contributed by atoms with Crippen molar-refractivity contribution in [1.29, 1.82) is 5.26 Å². The van der Waals surface area contributed by atoms with Crippen LogP contribution in [-0.4, -0.2) is 5.78 Å². The largest absolute Gasteiger partial charge is 0.289 e. The molecule has 0 amide bonds.